The lowest BCUT2D eigenvalue weighted by Crippen LogP contribution is -2.41. The standard InChI is InChI=1S/C16H22N2O3/c1-11(2)16(12(3)4)17-15(19)9-8-13-6-5-7-14(10-13)18(20)21/h5-12,16H,1-4H3,(H,17,19). The Morgan fingerprint density at radius 1 is 1.24 bits per heavy atom. The van der Waals surface area contributed by atoms with E-state index in [0.717, 1.165) is 0 Å². The summed E-state index contributed by atoms with van der Waals surface area (Å²) < 4.78 is 0. The van der Waals surface area contributed by atoms with Crippen LogP contribution in [0.15, 0.2) is 30.3 Å². The molecule has 0 saturated carbocycles. The lowest BCUT2D eigenvalue weighted by molar-refractivity contribution is -0.384. The molecule has 0 aliphatic rings. The van der Waals surface area contributed by atoms with E-state index in [1.54, 1.807) is 18.2 Å². The van der Waals surface area contributed by atoms with Crippen molar-refractivity contribution in [3.63, 3.8) is 0 Å². The fourth-order valence-electron chi connectivity index (χ4n) is 2.23. The average molecular weight is 290 g/mol. The van der Waals surface area contributed by atoms with Gasteiger partial charge in [-0.1, -0.05) is 39.8 Å². The molecule has 0 spiro atoms. The molecule has 0 bridgehead atoms. The number of nitrogens with one attached hydrogen (secondary N) is 1. The quantitative estimate of drug-likeness (QED) is 0.496. The van der Waals surface area contributed by atoms with E-state index >= 15 is 0 Å². The number of rotatable bonds is 6. The number of hydrogen-bond acceptors (Lipinski definition) is 3. The topological polar surface area (TPSA) is 72.2 Å². The molecule has 114 valence electrons. The lowest BCUT2D eigenvalue weighted by Gasteiger charge is -2.25. The van der Waals surface area contributed by atoms with Crippen molar-refractivity contribution < 1.29 is 9.72 Å². The van der Waals surface area contributed by atoms with Crippen LogP contribution < -0.4 is 5.32 Å². The maximum absolute atomic E-state index is 11.9. The van der Waals surface area contributed by atoms with Crippen LogP contribution in [0, 0.1) is 22.0 Å². The first-order chi connectivity index (χ1) is 9.81. The fourth-order valence-corrected chi connectivity index (χ4v) is 2.23. The average Bonchev–Trinajstić information content (AvgIpc) is 2.42. The number of nitro benzene ring substituents is 1. The summed E-state index contributed by atoms with van der Waals surface area (Å²) in [5.74, 6) is 0.509. The predicted octanol–water partition coefficient (Wildman–Crippen LogP) is 3.40. The highest BCUT2D eigenvalue weighted by Gasteiger charge is 2.18. The number of hydrogen-bond donors (Lipinski definition) is 1. The van der Waals surface area contributed by atoms with Crippen LogP contribution in [0.5, 0.6) is 0 Å². The van der Waals surface area contributed by atoms with E-state index in [1.165, 1.54) is 18.2 Å². The van der Waals surface area contributed by atoms with E-state index in [4.69, 9.17) is 0 Å². The smallest absolute Gasteiger partial charge is 0.270 e. The third kappa shape index (κ3) is 5.38. The number of nitro groups is 1. The Morgan fingerprint density at radius 2 is 1.86 bits per heavy atom. The molecule has 0 aromatic heterocycles. The summed E-state index contributed by atoms with van der Waals surface area (Å²) in [6, 6.07) is 6.28. The van der Waals surface area contributed by atoms with Crippen LogP contribution in [0.4, 0.5) is 5.69 Å². The van der Waals surface area contributed by atoms with E-state index in [-0.39, 0.29) is 17.6 Å². The van der Waals surface area contributed by atoms with Gasteiger partial charge in [0.05, 0.1) is 4.92 Å². The van der Waals surface area contributed by atoms with Gasteiger partial charge < -0.3 is 5.32 Å². The van der Waals surface area contributed by atoms with Crippen molar-refractivity contribution in [3.05, 3.63) is 46.0 Å². The molecule has 0 fully saturated rings. The summed E-state index contributed by atoms with van der Waals surface area (Å²) in [6.45, 7) is 8.26. The molecule has 1 aromatic rings. The minimum atomic E-state index is -0.453. The van der Waals surface area contributed by atoms with Crippen molar-refractivity contribution in [2.75, 3.05) is 0 Å². The molecule has 1 aromatic carbocycles. The highest BCUT2D eigenvalue weighted by molar-refractivity contribution is 5.92. The molecule has 0 atom stereocenters. The number of non-ortho nitro benzene ring substituents is 1. The first-order valence-electron chi connectivity index (χ1n) is 7.04. The van der Waals surface area contributed by atoms with Crippen molar-refractivity contribution in [2.45, 2.75) is 33.7 Å². The molecule has 1 rings (SSSR count). The van der Waals surface area contributed by atoms with Gasteiger partial charge in [0.15, 0.2) is 0 Å². The van der Waals surface area contributed by atoms with Gasteiger partial charge >= 0.3 is 0 Å². The van der Waals surface area contributed by atoms with Gasteiger partial charge in [0.2, 0.25) is 5.91 Å². The van der Waals surface area contributed by atoms with E-state index < -0.39 is 4.92 Å². The molecule has 0 unspecified atom stereocenters. The largest absolute Gasteiger partial charge is 0.349 e. The third-order valence-corrected chi connectivity index (χ3v) is 3.25. The van der Waals surface area contributed by atoms with Gasteiger partial charge in [0.1, 0.15) is 0 Å². The van der Waals surface area contributed by atoms with Crippen LogP contribution in [-0.2, 0) is 4.79 Å². The lowest BCUT2D eigenvalue weighted by atomic mass is 9.93. The number of nitrogens with zero attached hydrogens (tertiary/aromatic N) is 1. The van der Waals surface area contributed by atoms with Gasteiger partial charge in [-0.25, -0.2) is 0 Å². The normalized spacial score (nSPS) is 11.6. The zero-order chi connectivity index (χ0) is 16.0. The Labute approximate surface area is 125 Å². The van der Waals surface area contributed by atoms with Crippen LogP contribution >= 0.6 is 0 Å². The summed E-state index contributed by atoms with van der Waals surface area (Å²) >= 11 is 0. The van der Waals surface area contributed by atoms with Crippen molar-refractivity contribution in [1.29, 1.82) is 0 Å². The van der Waals surface area contributed by atoms with Gasteiger partial charge in [-0.15, -0.1) is 0 Å². The van der Waals surface area contributed by atoms with Crippen LogP contribution in [0.1, 0.15) is 33.3 Å². The molecular weight excluding hydrogens is 268 g/mol. The van der Waals surface area contributed by atoms with Crippen molar-refractivity contribution >= 4 is 17.7 Å². The monoisotopic (exact) mass is 290 g/mol. The number of carbonyl (C=O) groups excluding carboxylic acids is 1. The Bertz CT molecular complexity index is 528. The molecule has 0 saturated heterocycles. The SMILES string of the molecule is CC(C)C(NC(=O)C=Cc1cccc([N+](=O)[O-])c1)C(C)C. The van der Waals surface area contributed by atoms with Crippen molar-refractivity contribution in [3.8, 4) is 0 Å². The summed E-state index contributed by atoms with van der Waals surface area (Å²) in [4.78, 5) is 22.2. The predicted molar refractivity (Wildman–Crippen MR) is 83.7 cm³/mol. The molecule has 1 N–H and O–H groups in total. The second-order valence-corrected chi connectivity index (χ2v) is 5.71. The molecule has 21 heavy (non-hydrogen) atoms. The zero-order valence-electron chi connectivity index (χ0n) is 12.9. The van der Waals surface area contributed by atoms with Gasteiger partial charge in [-0.05, 0) is 23.5 Å². The van der Waals surface area contributed by atoms with Gasteiger partial charge in [0, 0.05) is 24.3 Å². The van der Waals surface area contributed by atoms with Gasteiger partial charge in [0.25, 0.3) is 5.69 Å². The zero-order valence-corrected chi connectivity index (χ0v) is 12.9. The summed E-state index contributed by atoms with van der Waals surface area (Å²) in [7, 11) is 0. The van der Waals surface area contributed by atoms with Gasteiger partial charge in [-0.3, -0.25) is 14.9 Å². The molecule has 0 heterocycles. The number of carbonyl (C=O) groups is 1. The molecule has 0 aliphatic carbocycles. The summed E-state index contributed by atoms with van der Waals surface area (Å²) in [5.41, 5.74) is 0.643. The Hall–Kier alpha value is -2.17. The Morgan fingerprint density at radius 3 is 2.38 bits per heavy atom. The maximum Gasteiger partial charge on any atom is 0.270 e. The first-order valence-corrected chi connectivity index (χ1v) is 7.04. The summed E-state index contributed by atoms with van der Waals surface area (Å²) in [5, 5.41) is 13.7. The number of benzene rings is 1. The van der Waals surface area contributed by atoms with E-state index in [2.05, 4.69) is 33.0 Å². The second kappa shape index (κ2) is 7.57. The molecule has 1 amide bonds. The highest BCUT2D eigenvalue weighted by Crippen LogP contribution is 2.15. The second-order valence-electron chi connectivity index (χ2n) is 5.71. The van der Waals surface area contributed by atoms with E-state index in [0.29, 0.717) is 17.4 Å². The minimum absolute atomic E-state index is 0.0137. The van der Waals surface area contributed by atoms with Crippen LogP contribution in [0.25, 0.3) is 6.08 Å². The molecular formula is C16H22N2O3. The maximum atomic E-state index is 11.9. The highest BCUT2D eigenvalue weighted by atomic mass is 16.6. The molecule has 0 radical (unpaired) electrons. The van der Waals surface area contributed by atoms with Crippen LogP contribution in [0.2, 0.25) is 0 Å². The Kier molecular flexibility index (Phi) is 6.09. The van der Waals surface area contributed by atoms with Crippen molar-refractivity contribution in [2.24, 2.45) is 11.8 Å². The minimum Gasteiger partial charge on any atom is -0.349 e. The first kappa shape index (κ1) is 16.9. The van der Waals surface area contributed by atoms with Crippen LogP contribution in [0.3, 0.4) is 0 Å². The van der Waals surface area contributed by atoms with Crippen LogP contribution in [-0.4, -0.2) is 16.9 Å². The number of amides is 1. The van der Waals surface area contributed by atoms with Crippen molar-refractivity contribution in [1.82, 2.24) is 5.32 Å². The van der Waals surface area contributed by atoms with Gasteiger partial charge in [-0.2, -0.15) is 0 Å². The third-order valence-electron chi connectivity index (χ3n) is 3.25. The van der Waals surface area contributed by atoms with E-state index in [1.807, 2.05) is 0 Å². The molecule has 0 aliphatic heterocycles. The Balaban J connectivity index is 2.74. The fraction of sp³-hybridized carbons (Fsp3) is 0.438. The van der Waals surface area contributed by atoms with E-state index in [9.17, 15) is 14.9 Å². The molecule has 5 nitrogen and oxygen atoms in total. The summed E-state index contributed by atoms with van der Waals surface area (Å²) in [6.07, 6.45) is 3.00. The molecule has 5 heteroatoms.